The van der Waals surface area contributed by atoms with Crippen LogP contribution in [0.5, 0.6) is 0 Å². The molecule has 6 heteroatoms. The van der Waals surface area contributed by atoms with Crippen LogP contribution in [0.2, 0.25) is 0 Å². The van der Waals surface area contributed by atoms with Crippen molar-refractivity contribution in [2.45, 2.75) is 58.3 Å². The van der Waals surface area contributed by atoms with Crippen LogP contribution < -0.4 is 5.32 Å². The van der Waals surface area contributed by atoms with Gasteiger partial charge in [0, 0.05) is 17.9 Å². The van der Waals surface area contributed by atoms with Gasteiger partial charge in [0.25, 0.3) is 5.91 Å². The van der Waals surface area contributed by atoms with Gasteiger partial charge in [-0.2, -0.15) is 5.10 Å². The van der Waals surface area contributed by atoms with Crippen molar-refractivity contribution < 1.29 is 14.3 Å². The van der Waals surface area contributed by atoms with E-state index in [1.165, 1.54) is 19.3 Å². The minimum atomic E-state index is -0.353. The van der Waals surface area contributed by atoms with Gasteiger partial charge in [-0.25, -0.2) is 4.68 Å². The zero-order valence-corrected chi connectivity index (χ0v) is 18.1. The van der Waals surface area contributed by atoms with E-state index in [0.717, 1.165) is 23.7 Å². The van der Waals surface area contributed by atoms with Crippen LogP contribution >= 0.6 is 0 Å². The van der Waals surface area contributed by atoms with E-state index in [2.05, 4.69) is 31.2 Å². The molecule has 2 bridgehead atoms. The summed E-state index contributed by atoms with van der Waals surface area (Å²) in [5.74, 6) is 1.86. The third-order valence-corrected chi connectivity index (χ3v) is 6.42. The van der Waals surface area contributed by atoms with Gasteiger partial charge in [-0.1, -0.05) is 45.4 Å². The maximum atomic E-state index is 12.5. The van der Waals surface area contributed by atoms with E-state index >= 15 is 0 Å². The Morgan fingerprint density at radius 3 is 2.57 bits per heavy atom. The van der Waals surface area contributed by atoms with Crippen molar-refractivity contribution in [3.63, 3.8) is 0 Å². The zero-order chi connectivity index (χ0) is 21.3. The molecule has 0 spiro atoms. The molecule has 6 nitrogen and oxygen atoms in total. The Bertz CT molecular complexity index is 914. The average molecular weight is 410 g/mol. The lowest BCUT2D eigenvalue weighted by molar-refractivity contribution is -0.148. The highest BCUT2D eigenvalue weighted by Crippen LogP contribution is 2.49. The minimum Gasteiger partial charge on any atom is -0.456 e. The number of nitrogens with zero attached hydrogens (tertiary/aromatic N) is 2. The van der Waals surface area contributed by atoms with E-state index in [9.17, 15) is 9.59 Å². The van der Waals surface area contributed by atoms with Crippen LogP contribution in [0.3, 0.4) is 0 Å². The van der Waals surface area contributed by atoms with Crippen molar-refractivity contribution in [1.29, 1.82) is 0 Å². The lowest BCUT2D eigenvalue weighted by Gasteiger charge is -2.20. The topological polar surface area (TPSA) is 73.2 Å². The number of amides is 1. The van der Waals surface area contributed by atoms with E-state index in [1.54, 1.807) is 4.68 Å². The summed E-state index contributed by atoms with van der Waals surface area (Å²) in [6.07, 6.45) is 5.38. The number of ether oxygens (including phenoxy) is 1. The Hall–Kier alpha value is -2.63. The molecule has 160 valence electrons. The zero-order valence-electron chi connectivity index (χ0n) is 18.1. The first-order valence-corrected chi connectivity index (χ1v) is 10.9. The number of esters is 1. The first-order chi connectivity index (χ1) is 14.3. The second-order valence-corrected chi connectivity index (χ2v) is 9.76. The van der Waals surface area contributed by atoms with Gasteiger partial charge < -0.3 is 10.1 Å². The Kier molecular flexibility index (Phi) is 5.67. The van der Waals surface area contributed by atoms with Crippen LogP contribution in [0.25, 0.3) is 5.69 Å². The van der Waals surface area contributed by atoms with Crippen LogP contribution in [-0.4, -0.2) is 28.3 Å². The number of nitrogens with one attached hydrogen (secondary N) is 1. The molecule has 2 saturated carbocycles. The summed E-state index contributed by atoms with van der Waals surface area (Å²) in [6, 6.07) is 11.5. The fourth-order valence-electron chi connectivity index (χ4n) is 4.83. The van der Waals surface area contributed by atoms with Gasteiger partial charge >= 0.3 is 5.97 Å². The predicted octanol–water partition coefficient (Wildman–Crippen LogP) is 4.48. The molecule has 30 heavy (non-hydrogen) atoms. The van der Waals surface area contributed by atoms with Crippen LogP contribution in [0.4, 0.5) is 5.82 Å². The standard InChI is InChI=1S/C24H31N3O3/c1-24(2,3)20-14-21(27(26-20)19-7-5-4-6-8-19)25-22(28)15-30-23(29)13-18-12-16-9-10-17(18)11-16/h4-8,14,16-18H,9-13,15H2,1-3H3,(H,25,28)/t16-,17-,18-/m1/s1. The Morgan fingerprint density at radius 2 is 1.93 bits per heavy atom. The monoisotopic (exact) mass is 409 g/mol. The molecular formula is C24H31N3O3. The van der Waals surface area contributed by atoms with Crippen molar-refractivity contribution in [3.05, 3.63) is 42.1 Å². The SMILES string of the molecule is CC(C)(C)c1cc(NC(=O)COC(=O)C[C@H]2C[C@@H]3CC[C@@H]2C3)n(-c2ccccc2)n1. The highest BCUT2D eigenvalue weighted by molar-refractivity contribution is 5.92. The van der Waals surface area contributed by atoms with Gasteiger partial charge in [-0.3, -0.25) is 9.59 Å². The fraction of sp³-hybridized carbons (Fsp3) is 0.542. The molecule has 1 N–H and O–H groups in total. The molecule has 2 fully saturated rings. The van der Waals surface area contributed by atoms with E-state index in [0.29, 0.717) is 24.1 Å². The second kappa shape index (κ2) is 8.25. The molecule has 2 aliphatic carbocycles. The molecule has 2 aliphatic rings. The third kappa shape index (κ3) is 4.58. The van der Waals surface area contributed by atoms with Gasteiger partial charge in [0.2, 0.25) is 0 Å². The lowest BCUT2D eigenvalue weighted by atomic mass is 9.86. The van der Waals surface area contributed by atoms with Gasteiger partial charge in [0.15, 0.2) is 6.61 Å². The lowest BCUT2D eigenvalue weighted by Crippen LogP contribution is -2.24. The first kappa shape index (κ1) is 20.6. The van der Waals surface area contributed by atoms with Gasteiger partial charge in [-0.05, 0) is 49.1 Å². The number of fused-ring (bicyclic) bond motifs is 2. The largest absolute Gasteiger partial charge is 0.456 e. The highest BCUT2D eigenvalue weighted by atomic mass is 16.5. The predicted molar refractivity (Wildman–Crippen MR) is 115 cm³/mol. The number of carbonyl (C=O) groups is 2. The average Bonchev–Trinajstić information content (AvgIpc) is 3.42. The molecule has 0 unspecified atom stereocenters. The first-order valence-electron chi connectivity index (χ1n) is 10.9. The van der Waals surface area contributed by atoms with Crippen molar-refractivity contribution in [3.8, 4) is 5.69 Å². The molecule has 1 aromatic carbocycles. The molecule has 3 atom stereocenters. The number of benzene rings is 1. The molecule has 1 aromatic heterocycles. The van der Waals surface area contributed by atoms with Crippen LogP contribution in [0.15, 0.2) is 36.4 Å². The van der Waals surface area contributed by atoms with Crippen LogP contribution in [0.1, 0.15) is 58.6 Å². The van der Waals surface area contributed by atoms with E-state index in [1.807, 2.05) is 36.4 Å². The Labute approximate surface area is 178 Å². The molecule has 1 heterocycles. The summed E-state index contributed by atoms with van der Waals surface area (Å²) < 4.78 is 7.00. The summed E-state index contributed by atoms with van der Waals surface area (Å²) in [6.45, 7) is 5.96. The minimum absolute atomic E-state index is 0.160. The molecule has 1 amide bonds. The Morgan fingerprint density at radius 1 is 1.17 bits per heavy atom. The number of aromatic nitrogens is 2. The molecule has 0 saturated heterocycles. The van der Waals surface area contributed by atoms with Crippen molar-refractivity contribution in [2.75, 3.05) is 11.9 Å². The number of para-hydroxylation sites is 1. The van der Waals surface area contributed by atoms with Crippen LogP contribution in [-0.2, 0) is 19.7 Å². The molecule has 0 aliphatic heterocycles. The second-order valence-electron chi connectivity index (χ2n) is 9.76. The molecule has 0 radical (unpaired) electrons. The summed E-state index contributed by atoms with van der Waals surface area (Å²) in [5, 5.41) is 7.55. The van der Waals surface area contributed by atoms with Gasteiger partial charge in [0.1, 0.15) is 5.82 Å². The number of hydrogen-bond donors (Lipinski definition) is 1. The number of carbonyl (C=O) groups excluding carboxylic acids is 2. The van der Waals surface area contributed by atoms with E-state index < -0.39 is 0 Å². The van der Waals surface area contributed by atoms with Crippen LogP contribution in [0, 0.1) is 17.8 Å². The number of hydrogen-bond acceptors (Lipinski definition) is 4. The van der Waals surface area contributed by atoms with E-state index in [-0.39, 0.29) is 23.9 Å². The molecule has 4 rings (SSSR count). The Balaban J connectivity index is 1.37. The van der Waals surface area contributed by atoms with Gasteiger partial charge in [0.05, 0.1) is 11.4 Å². The normalized spacial score (nSPS) is 22.8. The van der Waals surface area contributed by atoms with E-state index in [4.69, 9.17) is 4.74 Å². The number of rotatable bonds is 6. The smallest absolute Gasteiger partial charge is 0.306 e. The van der Waals surface area contributed by atoms with Crippen molar-refractivity contribution >= 4 is 17.7 Å². The molecule has 2 aromatic rings. The van der Waals surface area contributed by atoms with Crippen molar-refractivity contribution in [2.24, 2.45) is 17.8 Å². The summed E-state index contributed by atoms with van der Waals surface area (Å²) >= 11 is 0. The summed E-state index contributed by atoms with van der Waals surface area (Å²) in [4.78, 5) is 24.7. The maximum Gasteiger partial charge on any atom is 0.306 e. The fourth-order valence-corrected chi connectivity index (χ4v) is 4.83. The maximum absolute atomic E-state index is 12.5. The summed E-state index contributed by atoms with van der Waals surface area (Å²) in [5.41, 5.74) is 1.57. The number of anilines is 1. The molecular weight excluding hydrogens is 378 g/mol. The third-order valence-electron chi connectivity index (χ3n) is 6.42. The van der Waals surface area contributed by atoms with Gasteiger partial charge in [-0.15, -0.1) is 0 Å². The quantitative estimate of drug-likeness (QED) is 0.714. The highest BCUT2D eigenvalue weighted by Gasteiger charge is 2.40. The van der Waals surface area contributed by atoms with Crippen molar-refractivity contribution in [1.82, 2.24) is 9.78 Å². The summed E-state index contributed by atoms with van der Waals surface area (Å²) in [7, 11) is 0.